The molecule has 63 heavy (non-hydrogen) atoms. The molecule has 0 spiro atoms. The van der Waals surface area contributed by atoms with Crippen LogP contribution in [0.3, 0.4) is 0 Å². The maximum Gasteiger partial charge on any atom is 0.306 e. The molecule has 0 radical (unpaired) electrons. The number of esters is 2. The summed E-state index contributed by atoms with van der Waals surface area (Å²) in [5.74, 6) is -0.922. The van der Waals surface area contributed by atoms with Gasteiger partial charge in [0.25, 0.3) is 7.82 Å². The SMILES string of the molecule is CC/C=C\C(O)C/C=C/C=C\C/C=C\C/C=C\CCCC(=O)OC[C@H](COP(=O)([O-])OCC[N+](C)(C)C)OC(=O)CCCCCCCCCCCCCCCCCCCCCCC. The summed E-state index contributed by atoms with van der Waals surface area (Å²) in [6, 6.07) is 0. The van der Waals surface area contributed by atoms with E-state index >= 15 is 0 Å². The van der Waals surface area contributed by atoms with Gasteiger partial charge >= 0.3 is 11.9 Å². The summed E-state index contributed by atoms with van der Waals surface area (Å²) in [6.07, 6.45) is 50.3. The molecule has 0 aromatic rings. The molecule has 0 amide bonds. The predicted octanol–water partition coefficient (Wildman–Crippen LogP) is 13.1. The molecular formula is C52H94NO9P. The van der Waals surface area contributed by atoms with E-state index in [1.54, 1.807) is 0 Å². The summed E-state index contributed by atoms with van der Waals surface area (Å²) < 4.78 is 33.9. The number of unbranched alkanes of at least 4 members (excludes halogenated alkanes) is 21. The Morgan fingerprint density at radius 2 is 1.10 bits per heavy atom. The molecule has 366 valence electrons. The van der Waals surface area contributed by atoms with Crippen molar-refractivity contribution in [3.8, 4) is 0 Å². The lowest BCUT2D eigenvalue weighted by molar-refractivity contribution is -0.870. The number of aliphatic hydroxyl groups excluding tert-OH is 1. The maximum atomic E-state index is 12.7. The van der Waals surface area contributed by atoms with Crippen molar-refractivity contribution in [1.82, 2.24) is 0 Å². The Balaban J connectivity index is 4.35. The summed E-state index contributed by atoms with van der Waals surface area (Å²) in [5.41, 5.74) is 0. The minimum absolute atomic E-state index is 0.0477. The number of phosphoric acid groups is 1. The van der Waals surface area contributed by atoms with Gasteiger partial charge in [0, 0.05) is 12.8 Å². The highest BCUT2D eigenvalue weighted by atomic mass is 31.2. The number of likely N-dealkylation sites (N-methyl/N-ethyl adjacent to an activating group) is 1. The molecule has 0 heterocycles. The predicted molar refractivity (Wildman–Crippen MR) is 260 cm³/mol. The summed E-state index contributed by atoms with van der Waals surface area (Å²) in [7, 11) is 1.11. The van der Waals surface area contributed by atoms with E-state index in [4.69, 9.17) is 18.5 Å². The van der Waals surface area contributed by atoms with E-state index in [9.17, 15) is 24.2 Å². The zero-order valence-corrected chi connectivity index (χ0v) is 41.8. The first kappa shape index (κ1) is 60.7. The smallest absolute Gasteiger partial charge is 0.306 e. The van der Waals surface area contributed by atoms with Crippen LogP contribution in [0.4, 0.5) is 0 Å². The lowest BCUT2D eigenvalue weighted by atomic mass is 10.0. The third kappa shape index (κ3) is 47.5. The molecule has 0 aromatic heterocycles. The Labute approximate surface area is 386 Å². The van der Waals surface area contributed by atoms with Gasteiger partial charge in [-0.05, 0) is 44.9 Å². The quantitative estimate of drug-likeness (QED) is 0.0158. The number of hydrogen-bond acceptors (Lipinski definition) is 9. The van der Waals surface area contributed by atoms with Gasteiger partial charge in [-0.2, -0.15) is 0 Å². The molecule has 0 saturated carbocycles. The number of phosphoric ester groups is 1. The molecule has 2 unspecified atom stereocenters. The fraction of sp³-hybridized carbons (Fsp3) is 0.769. The topological polar surface area (TPSA) is 131 Å². The van der Waals surface area contributed by atoms with Crippen LogP contribution in [0.15, 0.2) is 60.8 Å². The number of nitrogens with zero attached hydrogens (tertiary/aromatic N) is 1. The largest absolute Gasteiger partial charge is 0.756 e. The third-order valence-electron chi connectivity index (χ3n) is 10.6. The van der Waals surface area contributed by atoms with Crippen molar-refractivity contribution in [3.63, 3.8) is 0 Å². The molecule has 11 heteroatoms. The van der Waals surface area contributed by atoms with E-state index in [2.05, 4.69) is 31.2 Å². The van der Waals surface area contributed by atoms with Gasteiger partial charge in [0.2, 0.25) is 0 Å². The van der Waals surface area contributed by atoms with Crippen molar-refractivity contribution in [2.24, 2.45) is 0 Å². The van der Waals surface area contributed by atoms with Crippen LogP contribution < -0.4 is 4.89 Å². The Kier molecular flexibility index (Phi) is 41.9. The fourth-order valence-corrected chi connectivity index (χ4v) is 7.44. The van der Waals surface area contributed by atoms with Gasteiger partial charge < -0.3 is 33.0 Å². The summed E-state index contributed by atoms with van der Waals surface area (Å²) in [5, 5.41) is 9.78. The number of hydrogen-bond donors (Lipinski definition) is 1. The lowest BCUT2D eigenvalue weighted by Crippen LogP contribution is -2.37. The minimum Gasteiger partial charge on any atom is -0.756 e. The van der Waals surface area contributed by atoms with Gasteiger partial charge in [-0.25, -0.2) is 0 Å². The van der Waals surface area contributed by atoms with Gasteiger partial charge in [0.1, 0.15) is 19.8 Å². The molecule has 3 atom stereocenters. The Bertz CT molecular complexity index is 1270. The molecule has 10 nitrogen and oxygen atoms in total. The van der Waals surface area contributed by atoms with Crippen LogP contribution in [0, 0.1) is 0 Å². The van der Waals surface area contributed by atoms with Gasteiger partial charge in [0.15, 0.2) is 6.10 Å². The number of ether oxygens (including phenoxy) is 2. The van der Waals surface area contributed by atoms with Crippen molar-refractivity contribution in [2.45, 2.75) is 212 Å². The van der Waals surface area contributed by atoms with Gasteiger partial charge in [-0.3, -0.25) is 14.2 Å². The zero-order valence-electron chi connectivity index (χ0n) is 40.9. The molecular weight excluding hydrogens is 814 g/mol. The number of allylic oxidation sites excluding steroid dienone is 8. The summed E-state index contributed by atoms with van der Waals surface area (Å²) in [4.78, 5) is 37.7. The maximum absolute atomic E-state index is 12.7. The zero-order chi connectivity index (χ0) is 46.5. The van der Waals surface area contributed by atoms with Gasteiger partial charge in [-0.1, -0.05) is 203 Å². The molecule has 0 bridgehead atoms. The first-order valence-electron chi connectivity index (χ1n) is 25.1. The second-order valence-electron chi connectivity index (χ2n) is 18.0. The van der Waals surface area contributed by atoms with Crippen LogP contribution in [0.5, 0.6) is 0 Å². The molecule has 0 rings (SSSR count). The number of carbonyl (C=O) groups excluding carboxylic acids is 2. The van der Waals surface area contributed by atoms with Crippen molar-refractivity contribution in [1.29, 1.82) is 0 Å². The summed E-state index contributed by atoms with van der Waals surface area (Å²) in [6.45, 7) is 3.93. The first-order valence-corrected chi connectivity index (χ1v) is 26.6. The number of carbonyl (C=O) groups is 2. The molecule has 0 fully saturated rings. The number of quaternary nitrogens is 1. The van der Waals surface area contributed by atoms with Crippen LogP contribution in [-0.4, -0.2) is 81.2 Å². The highest BCUT2D eigenvalue weighted by molar-refractivity contribution is 7.45. The average molecular weight is 908 g/mol. The fourth-order valence-electron chi connectivity index (χ4n) is 6.71. The second-order valence-corrected chi connectivity index (χ2v) is 19.4. The molecule has 0 saturated heterocycles. The monoisotopic (exact) mass is 908 g/mol. The average Bonchev–Trinajstić information content (AvgIpc) is 3.23. The number of aliphatic hydroxyl groups is 1. The second kappa shape index (κ2) is 43.6. The van der Waals surface area contributed by atoms with Crippen molar-refractivity contribution in [2.75, 3.05) is 47.5 Å². The third-order valence-corrected chi connectivity index (χ3v) is 11.6. The van der Waals surface area contributed by atoms with E-state index in [0.717, 1.165) is 38.5 Å². The lowest BCUT2D eigenvalue weighted by Gasteiger charge is -2.28. The Morgan fingerprint density at radius 3 is 1.63 bits per heavy atom. The Morgan fingerprint density at radius 1 is 0.603 bits per heavy atom. The highest BCUT2D eigenvalue weighted by Crippen LogP contribution is 2.38. The summed E-state index contributed by atoms with van der Waals surface area (Å²) >= 11 is 0. The molecule has 0 aromatic carbocycles. The first-order chi connectivity index (χ1) is 30.4. The van der Waals surface area contributed by atoms with Crippen molar-refractivity contribution >= 4 is 19.8 Å². The van der Waals surface area contributed by atoms with Crippen LogP contribution >= 0.6 is 7.82 Å². The van der Waals surface area contributed by atoms with Gasteiger partial charge in [0.05, 0.1) is 33.9 Å². The van der Waals surface area contributed by atoms with E-state index in [0.29, 0.717) is 36.7 Å². The van der Waals surface area contributed by atoms with E-state index in [1.807, 2.05) is 64.5 Å². The molecule has 1 N–H and O–H groups in total. The van der Waals surface area contributed by atoms with Crippen LogP contribution in [0.2, 0.25) is 0 Å². The molecule has 0 aliphatic heterocycles. The van der Waals surface area contributed by atoms with Crippen molar-refractivity contribution < 1.29 is 47.2 Å². The molecule has 0 aliphatic carbocycles. The standard InChI is InChI=1S/C52H94NO9P/c1-6-8-10-11-12-13-14-15-16-17-18-19-20-21-22-23-28-31-34-37-40-44-52(56)62-50(48-61-63(57,58)60-46-45-53(3,4)5)47-59-51(55)43-39-36-33-30-27-25-24-26-29-32-35-38-42-49(54)41-9-7-2/h9,24-25,29-30,32-33,35,38,41,49-50,54H,6-8,10-23,26-28,31,34,36-37,39-40,42-48H2,1-5H3/b25-24-,32-29-,33-30-,38-35+,41-9-/t49?,50-/m1/s1. The molecule has 0 aliphatic rings. The van der Waals surface area contributed by atoms with E-state index in [-0.39, 0.29) is 26.1 Å². The van der Waals surface area contributed by atoms with Crippen LogP contribution in [0.25, 0.3) is 0 Å². The van der Waals surface area contributed by atoms with E-state index < -0.39 is 38.6 Å². The minimum atomic E-state index is -4.65. The normalized spacial score (nSPS) is 14.5. The van der Waals surface area contributed by atoms with Crippen LogP contribution in [0.1, 0.15) is 200 Å². The Hall–Kier alpha value is -2.33. The van der Waals surface area contributed by atoms with Crippen molar-refractivity contribution in [3.05, 3.63) is 60.8 Å². The van der Waals surface area contributed by atoms with Gasteiger partial charge in [-0.15, -0.1) is 0 Å². The van der Waals surface area contributed by atoms with E-state index in [1.165, 1.54) is 109 Å². The number of rotatable bonds is 45. The van der Waals surface area contributed by atoms with Crippen LogP contribution in [-0.2, 0) is 32.7 Å². The highest BCUT2D eigenvalue weighted by Gasteiger charge is 2.21.